The lowest BCUT2D eigenvalue weighted by Crippen LogP contribution is -1.96. The summed E-state index contributed by atoms with van der Waals surface area (Å²) in [6.07, 6.45) is 2.11. The predicted octanol–water partition coefficient (Wildman–Crippen LogP) is 3.85. The molecule has 78 valence electrons. The van der Waals surface area contributed by atoms with Crippen LogP contribution in [-0.2, 0) is 0 Å². The molecular formula is C12H18OS. The van der Waals surface area contributed by atoms with Crippen molar-refractivity contribution in [1.29, 1.82) is 0 Å². The SMILES string of the molecule is COc1cc(C)c(SC)cc1C(C)C. The van der Waals surface area contributed by atoms with Gasteiger partial charge in [-0.1, -0.05) is 13.8 Å². The van der Waals surface area contributed by atoms with E-state index < -0.39 is 0 Å². The lowest BCUT2D eigenvalue weighted by atomic mass is 10.0. The van der Waals surface area contributed by atoms with E-state index in [0.29, 0.717) is 5.92 Å². The molecular weight excluding hydrogens is 192 g/mol. The van der Waals surface area contributed by atoms with E-state index >= 15 is 0 Å². The number of benzene rings is 1. The minimum absolute atomic E-state index is 0.511. The molecule has 0 atom stereocenters. The van der Waals surface area contributed by atoms with E-state index in [-0.39, 0.29) is 0 Å². The molecule has 0 heterocycles. The van der Waals surface area contributed by atoms with Crippen LogP contribution in [0.15, 0.2) is 17.0 Å². The maximum atomic E-state index is 5.38. The number of hydrogen-bond donors (Lipinski definition) is 0. The molecule has 0 bridgehead atoms. The molecule has 2 heteroatoms. The lowest BCUT2D eigenvalue weighted by molar-refractivity contribution is 0.406. The van der Waals surface area contributed by atoms with Gasteiger partial charge in [-0.05, 0) is 42.4 Å². The van der Waals surface area contributed by atoms with Crippen molar-refractivity contribution in [3.63, 3.8) is 0 Å². The predicted molar refractivity (Wildman–Crippen MR) is 63.6 cm³/mol. The molecule has 0 N–H and O–H groups in total. The first kappa shape index (κ1) is 11.4. The topological polar surface area (TPSA) is 9.23 Å². The summed E-state index contributed by atoms with van der Waals surface area (Å²) >= 11 is 1.79. The van der Waals surface area contributed by atoms with Crippen molar-refractivity contribution in [2.24, 2.45) is 0 Å². The first-order valence-electron chi connectivity index (χ1n) is 4.82. The molecule has 0 amide bonds. The molecule has 1 rings (SSSR count). The molecule has 14 heavy (non-hydrogen) atoms. The summed E-state index contributed by atoms with van der Waals surface area (Å²) in [5, 5.41) is 0. The largest absolute Gasteiger partial charge is 0.496 e. The van der Waals surface area contributed by atoms with Gasteiger partial charge in [0, 0.05) is 4.90 Å². The summed E-state index contributed by atoms with van der Waals surface area (Å²) < 4.78 is 5.38. The van der Waals surface area contributed by atoms with Gasteiger partial charge in [0.15, 0.2) is 0 Å². The number of methoxy groups -OCH3 is 1. The number of ether oxygens (including phenoxy) is 1. The van der Waals surface area contributed by atoms with Crippen molar-refractivity contribution in [2.45, 2.75) is 31.6 Å². The Morgan fingerprint density at radius 3 is 2.36 bits per heavy atom. The summed E-state index contributed by atoms with van der Waals surface area (Å²) in [5.41, 5.74) is 2.58. The Balaban J connectivity index is 3.25. The van der Waals surface area contributed by atoms with Crippen LogP contribution in [0.25, 0.3) is 0 Å². The molecule has 1 nitrogen and oxygen atoms in total. The van der Waals surface area contributed by atoms with Gasteiger partial charge in [0.05, 0.1) is 7.11 Å². The molecule has 0 spiro atoms. The summed E-state index contributed by atoms with van der Waals surface area (Å²) in [6, 6.07) is 4.37. The molecule has 0 radical (unpaired) electrons. The van der Waals surface area contributed by atoms with Gasteiger partial charge in [-0.15, -0.1) is 11.8 Å². The number of aryl methyl sites for hydroxylation is 1. The summed E-state index contributed by atoms with van der Waals surface area (Å²) in [4.78, 5) is 1.34. The number of hydrogen-bond acceptors (Lipinski definition) is 2. The molecule has 0 aliphatic rings. The minimum atomic E-state index is 0.511. The van der Waals surface area contributed by atoms with Crippen LogP contribution in [0.2, 0.25) is 0 Å². The Bertz CT molecular complexity index is 318. The maximum absolute atomic E-state index is 5.38. The van der Waals surface area contributed by atoms with Gasteiger partial charge in [0.1, 0.15) is 5.75 Å². The fraction of sp³-hybridized carbons (Fsp3) is 0.500. The van der Waals surface area contributed by atoms with Crippen molar-refractivity contribution >= 4 is 11.8 Å². The van der Waals surface area contributed by atoms with Crippen LogP contribution in [0.5, 0.6) is 5.75 Å². The first-order chi connectivity index (χ1) is 6.60. The van der Waals surface area contributed by atoms with Crippen LogP contribution in [0.3, 0.4) is 0 Å². The second-order valence-corrected chi connectivity index (χ2v) is 4.57. The Morgan fingerprint density at radius 1 is 1.29 bits per heavy atom. The Morgan fingerprint density at radius 2 is 1.93 bits per heavy atom. The molecule has 1 aromatic rings. The van der Waals surface area contributed by atoms with Crippen molar-refractivity contribution < 1.29 is 4.74 Å². The monoisotopic (exact) mass is 210 g/mol. The Labute approximate surface area is 90.9 Å². The van der Waals surface area contributed by atoms with Crippen LogP contribution < -0.4 is 4.74 Å². The highest BCUT2D eigenvalue weighted by molar-refractivity contribution is 7.98. The standard InChI is InChI=1S/C12H18OS/c1-8(2)10-7-12(14-5)9(3)6-11(10)13-4/h6-8H,1-5H3. The zero-order valence-corrected chi connectivity index (χ0v) is 10.4. The fourth-order valence-electron chi connectivity index (χ4n) is 1.53. The highest BCUT2D eigenvalue weighted by atomic mass is 32.2. The first-order valence-corrected chi connectivity index (χ1v) is 6.05. The van der Waals surface area contributed by atoms with E-state index in [1.165, 1.54) is 16.0 Å². The third-order valence-corrected chi connectivity index (χ3v) is 3.25. The van der Waals surface area contributed by atoms with Crippen LogP contribution in [0.4, 0.5) is 0 Å². The van der Waals surface area contributed by atoms with Crippen molar-refractivity contribution in [2.75, 3.05) is 13.4 Å². The van der Waals surface area contributed by atoms with Crippen LogP contribution in [0, 0.1) is 6.92 Å². The van der Waals surface area contributed by atoms with E-state index in [1.807, 2.05) is 0 Å². The third kappa shape index (κ3) is 2.24. The van der Waals surface area contributed by atoms with Gasteiger partial charge in [-0.25, -0.2) is 0 Å². The Kier molecular flexibility index (Phi) is 3.87. The van der Waals surface area contributed by atoms with Crippen molar-refractivity contribution in [3.05, 3.63) is 23.3 Å². The average Bonchev–Trinajstić information content (AvgIpc) is 2.16. The summed E-state index contributed by atoms with van der Waals surface area (Å²) in [5.74, 6) is 1.52. The molecule has 0 aliphatic carbocycles. The van der Waals surface area contributed by atoms with Gasteiger partial charge in [0.2, 0.25) is 0 Å². The molecule has 0 aromatic heterocycles. The second-order valence-electron chi connectivity index (χ2n) is 3.72. The lowest BCUT2D eigenvalue weighted by Gasteiger charge is -2.14. The highest BCUT2D eigenvalue weighted by Gasteiger charge is 2.10. The van der Waals surface area contributed by atoms with E-state index in [0.717, 1.165) is 5.75 Å². The molecule has 0 saturated heterocycles. The van der Waals surface area contributed by atoms with E-state index in [4.69, 9.17) is 4.74 Å². The summed E-state index contributed by atoms with van der Waals surface area (Å²) in [7, 11) is 1.74. The number of rotatable bonds is 3. The fourth-order valence-corrected chi connectivity index (χ4v) is 2.15. The van der Waals surface area contributed by atoms with E-state index in [2.05, 4.69) is 39.2 Å². The van der Waals surface area contributed by atoms with Gasteiger partial charge in [-0.3, -0.25) is 0 Å². The van der Waals surface area contributed by atoms with Crippen LogP contribution in [0.1, 0.15) is 30.9 Å². The summed E-state index contributed by atoms with van der Waals surface area (Å²) in [6.45, 7) is 6.51. The molecule has 0 fully saturated rings. The smallest absolute Gasteiger partial charge is 0.122 e. The third-order valence-electron chi connectivity index (χ3n) is 2.37. The van der Waals surface area contributed by atoms with Crippen LogP contribution in [-0.4, -0.2) is 13.4 Å². The zero-order chi connectivity index (χ0) is 10.7. The zero-order valence-electron chi connectivity index (χ0n) is 9.55. The number of thioether (sulfide) groups is 1. The van der Waals surface area contributed by atoms with Gasteiger partial charge in [-0.2, -0.15) is 0 Å². The van der Waals surface area contributed by atoms with E-state index in [1.54, 1.807) is 18.9 Å². The molecule has 0 unspecified atom stereocenters. The average molecular weight is 210 g/mol. The van der Waals surface area contributed by atoms with Gasteiger partial charge >= 0.3 is 0 Å². The Hall–Kier alpha value is -0.630. The van der Waals surface area contributed by atoms with Crippen molar-refractivity contribution in [1.82, 2.24) is 0 Å². The van der Waals surface area contributed by atoms with Crippen molar-refractivity contribution in [3.8, 4) is 5.75 Å². The normalized spacial score (nSPS) is 10.7. The minimum Gasteiger partial charge on any atom is -0.496 e. The maximum Gasteiger partial charge on any atom is 0.122 e. The highest BCUT2D eigenvalue weighted by Crippen LogP contribution is 2.32. The van der Waals surface area contributed by atoms with Gasteiger partial charge in [0.25, 0.3) is 0 Å². The molecule has 0 saturated carbocycles. The second kappa shape index (κ2) is 4.74. The van der Waals surface area contributed by atoms with Crippen LogP contribution >= 0.6 is 11.8 Å². The molecule has 1 aromatic carbocycles. The van der Waals surface area contributed by atoms with Gasteiger partial charge < -0.3 is 4.74 Å². The quantitative estimate of drug-likeness (QED) is 0.701. The van der Waals surface area contributed by atoms with E-state index in [9.17, 15) is 0 Å². The molecule has 0 aliphatic heterocycles.